The van der Waals surface area contributed by atoms with Crippen molar-refractivity contribution < 1.29 is 14.3 Å². The van der Waals surface area contributed by atoms with E-state index in [1.54, 1.807) is 24.1 Å². The molecule has 3 N–H and O–H groups in total. The van der Waals surface area contributed by atoms with Crippen LogP contribution in [0.3, 0.4) is 0 Å². The number of hydrogen-bond acceptors (Lipinski definition) is 4. The highest BCUT2D eigenvalue weighted by molar-refractivity contribution is 5.94. The van der Waals surface area contributed by atoms with Crippen LogP contribution in [0.2, 0.25) is 0 Å². The third kappa shape index (κ3) is 6.80. The monoisotopic (exact) mass is 375 g/mol. The average molecular weight is 375 g/mol. The van der Waals surface area contributed by atoms with Gasteiger partial charge in [-0.15, -0.1) is 0 Å². The first kappa shape index (κ1) is 20.5. The molecule has 1 heterocycles. The van der Waals surface area contributed by atoms with Crippen molar-refractivity contribution >= 4 is 18.0 Å². The van der Waals surface area contributed by atoms with Crippen LogP contribution >= 0.6 is 0 Å². The van der Waals surface area contributed by atoms with Crippen LogP contribution in [0.25, 0.3) is 0 Å². The van der Waals surface area contributed by atoms with Crippen molar-refractivity contribution in [2.45, 2.75) is 32.4 Å². The lowest BCUT2D eigenvalue weighted by molar-refractivity contribution is 0.00701. The maximum Gasteiger partial charge on any atom is 0.410 e. The van der Waals surface area contributed by atoms with Gasteiger partial charge < -0.3 is 25.6 Å². The van der Waals surface area contributed by atoms with Crippen molar-refractivity contribution in [1.29, 1.82) is 0 Å². The zero-order valence-electron chi connectivity index (χ0n) is 16.4. The molecule has 1 saturated heterocycles. The number of likely N-dealkylation sites (tertiary alicyclic amines) is 1. The third-order valence-corrected chi connectivity index (χ3v) is 3.84. The Labute approximate surface area is 160 Å². The lowest BCUT2D eigenvalue weighted by atomic mass is 10.1. The van der Waals surface area contributed by atoms with Gasteiger partial charge in [-0.1, -0.05) is 18.2 Å². The van der Waals surface area contributed by atoms with Gasteiger partial charge in [-0.05, 0) is 32.9 Å². The Balaban J connectivity index is 1.63. The van der Waals surface area contributed by atoms with E-state index >= 15 is 0 Å². The topological polar surface area (TPSA) is 95.1 Å². The van der Waals surface area contributed by atoms with Crippen LogP contribution in [-0.2, 0) is 4.74 Å². The lowest BCUT2D eigenvalue weighted by Crippen LogP contribution is -2.63. The Kier molecular flexibility index (Phi) is 7.04. The first-order chi connectivity index (χ1) is 12.8. The van der Waals surface area contributed by atoms with E-state index in [4.69, 9.17) is 4.74 Å². The number of rotatable bonds is 5. The van der Waals surface area contributed by atoms with Gasteiger partial charge in [0.05, 0.1) is 6.04 Å². The number of amides is 2. The van der Waals surface area contributed by atoms with Gasteiger partial charge in [-0.3, -0.25) is 9.79 Å². The van der Waals surface area contributed by atoms with Crippen LogP contribution in [0, 0.1) is 0 Å². The number of nitrogens with zero attached hydrogens (tertiary/aromatic N) is 2. The molecule has 0 atom stereocenters. The van der Waals surface area contributed by atoms with E-state index in [-0.39, 0.29) is 18.0 Å². The maximum absolute atomic E-state index is 12.0. The minimum absolute atomic E-state index is 0.104. The van der Waals surface area contributed by atoms with E-state index in [1.165, 1.54) is 0 Å². The summed E-state index contributed by atoms with van der Waals surface area (Å²) in [6, 6.07) is 9.21. The number of benzene rings is 1. The van der Waals surface area contributed by atoms with Gasteiger partial charge in [0.25, 0.3) is 5.91 Å². The highest BCUT2D eigenvalue weighted by Crippen LogP contribution is 2.15. The molecule has 0 unspecified atom stereocenters. The fraction of sp³-hybridized carbons (Fsp3) is 0.526. The van der Waals surface area contributed by atoms with Gasteiger partial charge in [0.1, 0.15) is 5.60 Å². The molecule has 0 radical (unpaired) electrons. The number of ether oxygens (including phenoxy) is 1. The number of guanidine groups is 1. The van der Waals surface area contributed by atoms with Crippen molar-refractivity contribution in [3.05, 3.63) is 35.9 Å². The molecular weight excluding hydrogens is 346 g/mol. The number of aliphatic imine (C=N–C) groups is 1. The third-order valence-electron chi connectivity index (χ3n) is 3.84. The molecule has 0 bridgehead atoms. The predicted molar refractivity (Wildman–Crippen MR) is 105 cm³/mol. The Morgan fingerprint density at radius 1 is 1.15 bits per heavy atom. The molecular formula is C19H29N5O3. The van der Waals surface area contributed by atoms with Gasteiger partial charge in [0.2, 0.25) is 0 Å². The average Bonchev–Trinajstić information content (AvgIpc) is 2.58. The zero-order chi connectivity index (χ0) is 19.9. The largest absolute Gasteiger partial charge is 0.444 e. The SMILES string of the molecule is CN=C(NCCNC(=O)c1ccccc1)NC1CN(C(=O)OC(C)(C)C)C1. The summed E-state index contributed by atoms with van der Waals surface area (Å²) in [5, 5.41) is 9.24. The highest BCUT2D eigenvalue weighted by Gasteiger charge is 2.34. The molecule has 1 fully saturated rings. The fourth-order valence-electron chi connectivity index (χ4n) is 2.48. The van der Waals surface area contributed by atoms with E-state index in [0.717, 1.165) is 0 Å². The summed E-state index contributed by atoms with van der Waals surface area (Å²) < 4.78 is 5.33. The summed E-state index contributed by atoms with van der Waals surface area (Å²) in [6.45, 7) is 7.71. The molecule has 0 aromatic heterocycles. The van der Waals surface area contributed by atoms with Crippen molar-refractivity contribution in [2.75, 3.05) is 33.2 Å². The zero-order valence-corrected chi connectivity index (χ0v) is 16.4. The summed E-state index contributed by atoms with van der Waals surface area (Å²) in [4.78, 5) is 29.7. The molecule has 148 valence electrons. The van der Waals surface area contributed by atoms with Gasteiger partial charge in [-0.2, -0.15) is 0 Å². The maximum atomic E-state index is 12.0. The first-order valence-corrected chi connectivity index (χ1v) is 9.07. The summed E-state index contributed by atoms with van der Waals surface area (Å²) in [5.74, 6) is 0.533. The molecule has 1 aliphatic rings. The Hall–Kier alpha value is -2.77. The van der Waals surface area contributed by atoms with E-state index in [0.29, 0.717) is 37.7 Å². The predicted octanol–water partition coefficient (Wildman–Crippen LogP) is 1.20. The van der Waals surface area contributed by atoms with E-state index in [9.17, 15) is 9.59 Å². The molecule has 2 rings (SSSR count). The van der Waals surface area contributed by atoms with Crippen LogP contribution in [0.1, 0.15) is 31.1 Å². The molecule has 2 amide bonds. The number of carbonyl (C=O) groups is 2. The summed E-state index contributed by atoms with van der Waals surface area (Å²) in [6.07, 6.45) is -0.299. The number of carbonyl (C=O) groups excluding carboxylic acids is 2. The van der Waals surface area contributed by atoms with Crippen LogP contribution < -0.4 is 16.0 Å². The van der Waals surface area contributed by atoms with Crippen LogP contribution in [-0.4, -0.2) is 67.7 Å². The highest BCUT2D eigenvalue weighted by atomic mass is 16.6. The second-order valence-electron chi connectivity index (χ2n) is 7.35. The van der Waals surface area contributed by atoms with Crippen molar-refractivity contribution in [1.82, 2.24) is 20.9 Å². The second-order valence-corrected chi connectivity index (χ2v) is 7.35. The van der Waals surface area contributed by atoms with E-state index in [1.807, 2.05) is 39.0 Å². The minimum Gasteiger partial charge on any atom is -0.444 e. The lowest BCUT2D eigenvalue weighted by Gasteiger charge is -2.40. The molecule has 1 aliphatic heterocycles. The van der Waals surface area contributed by atoms with Crippen molar-refractivity contribution in [3.63, 3.8) is 0 Å². The molecule has 0 saturated carbocycles. The fourth-order valence-corrected chi connectivity index (χ4v) is 2.48. The van der Waals surface area contributed by atoms with Crippen molar-refractivity contribution in [2.24, 2.45) is 4.99 Å². The summed E-state index contributed by atoms with van der Waals surface area (Å²) in [5.41, 5.74) is 0.147. The van der Waals surface area contributed by atoms with Crippen LogP contribution in [0.4, 0.5) is 4.79 Å². The Morgan fingerprint density at radius 3 is 2.37 bits per heavy atom. The van der Waals surface area contributed by atoms with Crippen molar-refractivity contribution in [3.8, 4) is 0 Å². The van der Waals surface area contributed by atoms with Gasteiger partial charge in [0, 0.05) is 38.8 Å². The van der Waals surface area contributed by atoms with E-state index in [2.05, 4.69) is 20.9 Å². The van der Waals surface area contributed by atoms with Gasteiger partial charge in [-0.25, -0.2) is 4.79 Å². The van der Waals surface area contributed by atoms with Crippen LogP contribution in [0.5, 0.6) is 0 Å². The molecule has 1 aromatic carbocycles. The number of nitrogens with one attached hydrogen (secondary N) is 3. The molecule has 27 heavy (non-hydrogen) atoms. The standard InChI is InChI=1S/C19H29N5O3/c1-19(2,3)27-18(26)24-12-15(13-24)23-17(20-4)22-11-10-21-16(25)14-8-6-5-7-9-14/h5-9,15H,10-13H2,1-4H3,(H,21,25)(H2,20,22,23). The molecule has 8 nitrogen and oxygen atoms in total. The molecule has 0 aliphatic carbocycles. The number of hydrogen-bond donors (Lipinski definition) is 3. The van der Waals surface area contributed by atoms with Gasteiger partial charge >= 0.3 is 6.09 Å². The Morgan fingerprint density at radius 2 is 1.78 bits per heavy atom. The normalized spacial score (nSPS) is 15.0. The smallest absolute Gasteiger partial charge is 0.410 e. The molecule has 1 aromatic rings. The quantitative estimate of drug-likeness (QED) is 0.408. The van der Waals surface area contributed by atoms with Gasteiger partial charge in [0.15, 0.2) is 5.96 Å². The summed E-state index contributed by atoms with van der Waals surface area (Å²) in [7, 11) is 1.68. The molecule has 0 spiro atoms. The molecule has 8 heteroatoms. The second kappa shape index (κ2) is 9.25. The van der Waals surface area contributed by atoms with E-state index < -0.39 is 5.60 Å². The summed E-state index contributed by atoms with van der Waals surface area (Å²) >= 11 is 0. The van der Waals surface area contributed by atoms with Crippen LogP contribution in [0.15, 0.2) is 35.3 Å². The minimum atomic E-state index is -0.489. The Bertz CT molecular complexity index is 664. The first-order valence-electron chi connectivity index (χ1n) is 9.07.